The molecule has 4 nitrogen and oxygen atoms in total. The number of ether oxygens (including phenoxy) is 1. The number of anilines is 1. The van der Waals surface area contributed by atoms with Gasteiger partial charge in [-0.2, -0.15) is 0 Å². The van der Waals surface area contributed by atoms with Gasteiger partial charge in [0.1, 0.15) is 5.75 Å². The summed E-state index contributed by atoms with van der Waals surface area (Å²) in [7, 11) is 1.54. The molecular formula is C13H20N2O2. The Hall–Kier alpha value is -1.71. The van der Waals surface area contributed by atoms with E-state index in [1.54, 1.807) is 18.2 Å². The van der Waals surface area contributed by atoms with E-state index >= 15 is 0 Å². The molecule has 94 valence electrons. The average molecular weight is 236 g/mol. The van der Waals surface area contributed by atoms with Gasteiger partial charge in [0.05, 0.1) is 12.7 Å². The second-order valence-electron chi connectivity index (χ2n) is 4.12. The Bertz CT molecular complexity index is 391. The lowest BCUT2D eigenvalue weighted by Gasteiger charge is -2.14. The van der Waals surface area contributed by atoms with Crippen molar-refractivity contribution in [1.29, 1.82) is 0 Å². The Morgan fingerprint density at radius 1 is 1.53 bits per heavy atom. The molecule has 0 aliphatic carbocycles. The van der Waals surface area contributed by atoms with Gasteiger partial charge in [-0.25, -0.2) is 0 Å². The lowest BCUT2D eigenvalue weighted by Crippen LogP contribution is -2.32. The summed E-state index contributed by atoms with van der Waals surface area (Å²) in [6.07, 6.45) is 1.99. The van der Waals surface area contributed by atoms with E-state index in [9.17, 15) is 4.79 Å². The summed E-state index contributed by atoms with van der Waals surface area (Å²) in [4.78, 5) is 12.0. The third-order valence-corrected chi connectivity index (χ3v) is 2.57. The fourth-order valence-corrected chi connectivity index (χ4v) is 1.71. The van der Waals surface area contributed by atoms with E-state index in [2.05, 4.69) is 12.2 Å². The summed E-state index contributed by atoms with van der Waals surface area (Å²) in [5.74, 6) is 0.399. The second kappa shape index (κ2) is 6.13. The van der Waals surface area contributed by atoms with Gasteiger partial charge in [-0.05, 0) is 31.5 Å². The second-order valence-corrected chi connectivity index (χ2v) is 4.12. The molecule has 1 unspecified atom stereocenters. The lowest BCUT2D eigenvalue weighted by molar-refractivity contribution is 0.0935. The van der Waals surface area contributed by atoms with E-state index in [4.69, 9.17) is 10.5 Å². The molecule has 0 spiro atoms. The zero-order valence-electron chi connectivity index (χ0n) is 10.6. The number of carbonyl (C=O) groups excluding carboxylic acids is 1. The van der Waals surface area contributed by atoms with Crippen LogP contribution in [0.1, 0.15) is 37.0 Å². The molecule has 1 rings (SSSR count). The van der Waals surface area contributed by atoms with Crippen LogP contribution in [0.25, 0.3) is 0 Å². The molecule has 0 aromatic heterocycles. The number of nitrogens with one attached hydrogen (secondary N) is 1. The van der Waals surface area contributed by atoms with E-state index in [1.807, 2.05) is 6.92 Å². The largest absolute Gasteiger partial charge is 0.496 e. The van der Waals surface area contributed by atoms with Crippen LogP contribution in [0.15, 0.2) is 18.2 Å². The molecule has 3 N–H and O–H groups in total. The molecule has 0 radical (unpaired) electrons. The predicted octanol–water partition coefficient (Wildman–Crippen LogP) is 2.20. The van der Waals surface area contributed by atoms with Crippen LogP contribution in [0.2, 0.25) is 0 Å². The number of benzene rings is 1. The molecule has 1 atom stereocenters. The van der Waals surface area contributed by atoms with Crippen LogP contribution >= 0.6 is 0 Å². The predicted molar refractivity (Wildman–Crippen MR) is 69.2 cm³/mol. The number of hydrogen-bond acceptors (Lipinski definition) is 3. The fourth-order valence-electron chi connectivity index (χ4n) is 1.71. The molecule has 0 saturated heterocycles. The topological polar surface area (TPSA) is 64.4 Å². The van der Waals surface area contributed by atoms with Crippen LogP contribution in [0, 0.1) is 0 Å². The highest BCUT2D eigenvalue weighted by atomic mass is 16.5. The van der Waals surface area contributed by atoms with Crippen molar-refractivity contribution in [3.05, 3.63) is 23.8 Å². The van der Waals surface area contributed by atoms with E-state index in [0.717, 1.165) is 12.8 Å². The monoisotopic (exact) mass is 236 g/mol. The number of nitrogens with two attached hydrogens (primary N) is 1. The van der Waals surface area contributed by atoms with Gasteiger partial charge < -0.3 is 15.8 Å². The lowest BCUT2D eigenvalue weighted by atomic mass is 10.1. The van der Waals surface area contributed by atoms with Crippen LogP contribution in [0.5, 0.6) is 5.75 Å². The first-order chi connectivity index (χ1) is 8.08. The zero-order valence-corrected chi connectivity index (χ0v) is 10.6. The molecular weight excluding hydrogens is 216 g/mol. The number of rotatable bonds is 5. The minimum absolute atomic E-state index is 0.143. The van der Waals surface area contributed by atoms with Crippen molar-refractivity contribution >= 4 is 11.6 Å². The first-order valence-corrected chi connectivity index (χ1v) is 5.82. The van der Waals surface area contributed by atoms with Crippen molar-refractivity contribution in [1.82, 2.24) is 5.32 Å². The SMILES string of the molecule is CCCC(C)NC(=O)c1cc(N)ccc1OC. The highest BCUT2D eigenvalue weighted by Crippen LogP contribution is 2.21. The number of methoxy groups -OCH3 is 1. The summed E-state index contributed by atoms with van der Waals surface area (Å²) in [6, 6.07) is 5.20. The Balaban J connectivity index is 2.83. The van der Waals surface area contributed by atoms with E-state index in [0.29, 0.717) is 17.0 Å². The fraction of sp³-hybridized carbons (Fsp3) is 0.462. The normalized spacial score (nSPS) is 11.9. The number of hydrogen-bond donors (Lipinski definition) is 2. The van der Waals surface area contributed by atoms with Gasteiger partial charge >= 0.3 is 0 Å². The molecule has 0 fully saturated rings. The number of amides is 1. The van der Waals surface area contributed by atoms with Crippen LogP contribution < -0.4 is 15.8 Å². The average Bonchev–Trinajstić information content (AvgIpc) is 2.29. The molecule has 0 saturated carbocycles. The van der Waals surface area contributed by atoms with E-state index in [-0.39, 0.29) is 11.9 Å². The third kappa shape index (κ3) is 3.66. The van der Waals surface area contributed by atoms with Gasteiger partial charge in [0.25, 0.3) is 5.91 Å². The van der Waals surface area contributed by atoms with E-state index < -0.39 is 0 Å². The van der Waals surface area contributed by atoms with Crippen LogP contribution in [-0.2, 0) is 0 Å². The molecule has 0 bridgehead atoms. The zero-order chi connectivity index (χ0) is 12.8. The molecule has 1 aromatic carbocycles. The van der Waals surface area contributed by atoms with Crippen LogP contribution in [0.3, 0.4) is 0 Å². The van der Waals surface area contributed by atoms with Crippen LogP contribution in [-0.4, -0.2) is 19.1 Å². The molecule has 1 aromatic rings. The maximum absolute atomic E-state index is 12.0. The summed E-state index contributed by atoms with van der Waals surface area (Å²) in [6.45, 7) is 4.07. The van der Waals surface area contributed by atoms with Crippen molar-refractivity contribution in [3.8, 4) is 5.75 Å². The first-order valence-electron chi connectivity index (χ1n) is 5.82. The molecule has 1 amide bonds. The van der Waals surface area contributed by atoms with Gasteiger partial charge in [-0.1, -0.05) is 13.3 Å². The minimum Gasteiger partial charge on any atom is -0.496 e. The number of carbonyl (C=O) groups is 1. The molecule has 0 aliphatic heterocycles. The Morgan fingerprint density at radius 3 is 2.82 bits per heavy atom. The first kappa shape index (κ1) is 13.4. The van der Waals surface area contributed by atoms with Gasteiger partial charge in [0.2, 0.25) is 0 Å². The van der Waals surface area contributed by atoms with Gasteiger partial charge in [-0.3, -0.25) is 4.79 Å². The van der Waals surface area contributed by atoms with Crippen molar-refractivity contribution in [2.45, 2.75) is 32.7 Å². The highest BCUT2D eigenvalue weighted by molar-refractivity contribution is 5.98. The number of nitrogen functional groups attached to an aromatic ring is 1. The van der Waals surface area contributed by atoms with Crippen LogP contribution in [0.4, 0.5) is 5.69 Å². The summed E-state index contributed by atoms with van der Waals surface area (Å²) in [5.41, 5.74) is 6.71. The summed E-state index contributed by atoms with van der Waals surface area (Å²) < 4.78 is 5.15. The van der Waals surface area contributed by atoms with Gasteiger partial charge in [-0.15, -0.1) is 0 Å². The summed E-state index contributed by atoms with van der Waals surface area (Å²) >= 11 is 0. The quantitative estimate of drug-likeness (QED) is 0.770. The van der Waals surface area contributed by atoms with Crippen molar-refractivity contribution in [3.63, 3.8) is 0 Å². The summed E-state index contributed by atoms with van der Waals surface area (Å²) in [5, 5.41) is 2.92. The Labute approximate surface area is 102 Å². The highest BCUT2D eigenvalue weighted by Gasteiger charge is 2.14. The maximum atomic E-state index is 12.0. The standard InChI is InChI=1S/C13H20N2O2/c1-4-5-9(2)15-13(16)11-8-10(14)6-7-12(11)17-3/h6-9H,4-5,14H2,1-3H3,(H,15,16). The molecule has 0 heterocycles. The Kier molecular flexibility index (Phi) is 4.82. The van der Waals surface area contributed by atoms with E-state index in [1.165, 1.54) is 7.11 Å². The maximum Gasteiger partial charge on any atom is 0.255 e. The molecule has 4 heteroatoms. The molecule has 17 heavy (non-hydrogen) atoms. The molecule has 0 aliphatic rings. The van der Waals surface area contributed by atoms with Crippen molar-refractivity contribution in [2.75, 3.05) is 12.8 Å². The van der Waals surface area contributed by atoms with Crippen molar-refractivity contribution < 1.29 is 9.53 Å². The van der Waals surface area contributed by atoms with Crippen molar-refractivity contribution in [2.24, 2.45) is 0 Å². The minimum atomic E-state index is -0.143. The smallest absolute Gasteiger partial charge is 0.255 e. The Morgan fingerprint density at radius 2 is 2.24 bits per heavy atom. The van der Waals surface area contributed by atoms with Gasteiger partial charge in [0.15, 0.2) is 0 Å². The van der Waals surface area contributed by atoms with Gasteiger partial charge in [0, 0.05) is 11.7 Å². The third-order valence-electron chi connectivity index (χ3n) is 2.57.